The second kappa shape index (κ2) is 60.5. The summed E-state index contributed by atoms with van der Waals surface area (Å²) in [5.41, 5.74) is 0. The molecule has 10 heteroatoms. The Balaban J connectivity index is 5.24. The molecule has 0 saturated carbocycles. The van der Waals surface area contributed by atoms with Gasteiger partial charge in [0.05, 0.1) is 33.8 Å². The number of hydrogen-bond donors (Lipinski definition) is 2. The zero-order chi connectivity index (χ0) is 60.0. The number of esters is 1. The quantitative estimate of drug-likeness (QED) is 0.0205. The summed E-state index contributed by atoms with van der Waals surface area (Å²) in [6.45, 7) is 6.84. The van der Waals surface area contributed by atoms with E-state index in [1.807, 2.05) is 33.3 Å². The van der Waals surface area contributed by atoms with Gasteiger partial charge in [-0.1, -0.05) is 258 Å². The summed E-state index contributed by atoms with van der Waals surface area (Å²) in [5, 5.41) is 3.05. The minimum atomic E-state index is -4.47. The summed E-state index contributed by atoms with van der Waals surface area (Å²) in [6, 6.07) is -0.872. The Bertz CT molecular complexity index is 1820. The summed E-state index contributed by atoms with van der Waals surface area (Å²) in [6.07, 6.45) is 84.8. The number of allylic oxidation sites excluding steroid dienone is 19. The summed E-state index contributed by atoms with van der Waals surface area (Å²) in [4.78, 5) is 37.8. The molecule has 3 unspecified atom stereocenters. The molecule has 0 aromatic heterocycles. The Morgan fingerprint density at radius 3 is 1.20 bits per heavy atom. The molecule has 0 spiro atoms. The van der Waals surface area contributed by atoms with Gasteiger partial charge in [-0.05, 0) is 122 Å². The molecule has 0 rings (SSSR count). The van der Waals surface area contributed by atoms with Crippen molar-refractivity contribution in [1.82, 2.24) is 5.32 Å². The molecule has 0 aromatic rings. The summed E-state index contributed by atoms with van der Waals surface area (Å²) in [7, 11) is 1.46. The standard InChI is InChI=1S/C72H125N2O7P/c1-7-10-13-16-19-22-25-28-30-32-34-36-37-39-40-42-44-46-49-52-55-58-61-64-71(75)73-69(68-80-82(77,78)79-67-66-74(4,5)6)70(63-60-57-54-51-48-27-24-21-18-15-12-9-3)81-72(76)65-62-59-56-53-50-47-45-43-41-38-35-33-31-29-26-23-20-17-14-11-8-2/h11,14,19-20,22-23,28-31,34-36,38-40,43,45,60,63,69-70H,7-10,12-13,15-18,21,24-27,32-33,37,41-42,44,46-59,61-62,64-68H2,1-6H3,(H-,73,75,77,78)/p+1/b14-11-,22-19-,23-20-,30-28-,31-29-,36-34-,38-35-,40-39-,45-43-,63-60+. The van der Waals surface area contributed by atoms with Gasteiger partial charge < -0.3 is 19.4 Å². The number of rotatable bonds is 59. The zero-order valence-electron chi connectivity index (χ0n) is 53.7. The number of nitrogens with one attached hydrogen (secondary N) is 1. The third-order valence-corrected chi connectivity index (χ3v) is 15.1. The van der Waals surface area contributed by atoms with E-state index in [2.05, 4.69) is 135 Å². The lowest BCUT2D eigenvalue weighted by Gasteiger charge is -2.27. The van der Waals surface area contributed by atoms with Gasteiger partial charge in [0.15, 0.2) is 0 Å². The molecular formula is C72H126N2O7P+. The molecule has 0 saturated heterocycles. The van der Waals surface area contributed by atoms with Crippen molar-refractivity contribution in [2.75, 3.05) is 40.9 Å². The molecule has 0 aromatic carbocycles. The van der Waals surface area contributed by atoms with Crippen LogP contribution in [0.15, 0.2) is 122 Å². The number of ether oxygens (including phenoxy) is 1. The molecule has 470 valence electrons. The maximum Gasteiger partial charge on any atom is 0.472 e. The predicted molar refractivity (Wildman–Crippen MR) is 355 cm³/mol. The van der Waals surface area contributed by atoms with Crippen LogP contribution in [-0.2, 0) is 27.9 Å². The highest BCUT2D eigenvalue weighted by molar-refractivity contribution is 7.47. The molecular weight excluding hydrogens is 1040 g/mol. The van der Waals surface area contributed by atoms with Crippen molar-refractivity contribution in [2.45, 2.75) is 283 Å². The molecule has 0 aliphatic heterocycles. The smallest absolute Gasteiger partial charge is 0.456 e. The van der Waals surface area contributed by atoms with Crippen LogP contribution in [0.2, 0.25) is 0 Å². The van der Waals surface area contributed by atoms with Crippen LogP contribution in [0, 0.1) is 0 Å². The number of carbonyl (C=O) groups is 2. The van der Waals surface area contributed by atoms with Crippen molar-refractivity contribution < 1.29 is 37.3 Å². The Labute approximate surface area is 505 Å². The van der Waals surface area contributed by atoms with Crippen LogP contribution in [0.1, 0.15) is 271 Å². The molecule has 82 heavy (non-hydrogen) atoms. The second-order valence-corrected chi connectivity index (χ2v) is 24.7. The van der Waals surface area contributed by atoms with E-state index >= 15 is 0 Å². The Kier molecular flexibility index (Phi) is 57.9. The van der Waals surface area contributed by atoms with Gasteiger partial charge in [-0.3, -0.25) is 18.6 Å². The molecule has 0 heterocycles. The van der Waals surface area contributed by atoms with Crippen LogP contribution >= 0.6 is 7.82 Å². The number of nitrogens with zero attached hydrogens (tertiary/aromatic N) is 1. The number of likely N-dealkylation sites (N-methyl/N-ethyl adjacent to an activating group) is 1. The largest absolute Gasteiger partial charge is 0.472 e. The van der Waals surface area contributed by atoms with E-state index in [9.17, 15) is 19.0 Å². The third-order valence-electron chi connectivity index (χ3n) is 14.1. The number of quaternary nitrogens is 1. The monoisotopic (exact) mass is 1160 g/mol. The van der Waals surface area contributed by atoms with E-state index in [0.717, 1.165) is 135 Å². The number of unbranched alkanes of at least 4 members (excludes halogenated alkanes) is 25. The second-order valence-electron chi connectivity index (χ2n) is 23.3. The zero-order valence-corrected chi connectivity index (χ0v) is 54.6. The fraction of sp³-hybridized carbons (Fsp3) is 0.694. The van der Waals surface area contributed by atoms with Crippen LogP contribution in [-0.4, -0.2) is 74.3 Å². The topological polar surface area (TPSA) is 111 Å². The van der Waals surface area contributed by atoms with Crippen LogP contribution in [0.3, 0.4) is 0 Å². The maximum absolute atomic E-state index is 13.6. The van der Waals surface area contributed by atoms with E-state index < -0.39 is 20.0 Å². The normalized spacial score (nSPS) is 14.4. The van der Waals surface area contributed by atoms with Gasteiger partial charge in [-0.15, -0.1) is 0 Å². The first-order valence-electron chi connectivity index (χ1n) is 33.4. The lowest BCUT2D eigenvalue weighted by Crippen LogP contribution is -2.47. The SMILES string of the molecule is CC/C=C\C/C=C\C/C=C\C/C=C\C/C=C\CCCCCCCC(=O)OC(/C=C/CCCCCCCCCCCC)C(COP(=O)(O)OCC[N+](C)(C)C)NC(=O)CCCCCCCCC/C=C\C/C=C\C/C=C\C/C=C\CCCCC. The van der Waals surface area contributed by atoms with E-state index in [0.29, 0.717) is 23.9 Å². The number of phosphoric acid groups is 1. The Morgan fingerprint density at radius 2 is 0.780 bits per heavy atom. The molecule has 3 atom stereocenters. The molecule has 9 nitrogen and oxygen atoms in total. The average molecular weight is 1160 g/mol. The highest BCUT2D eigenvalue weighted by atomic mass is 31.2. The maximum atomic E-state index is 13.6. The number of amides is 1. The molecule has 0 radical (unpaired) electrons. The molecule has 0 fully saturated rings. The number of hydrogen-bond acceptors (Lipinski definition) is 6. The first kappa shape index (κ1) is 78.4. The lowest BCUT2D eigenvalue weighted by atomic mass is 10.0. The fourth-order valence-corrected chi connectivity index (χ4v) is 9.74. The van der Waals surface area contributed by atoms with E-state index in [1.54, 1.807) is 0 Å². The van der Waals surface area contributed by atoms with Crippen molar-refractivity contribution in [3.05, 3.63) is 122 Å². The summed E-state index contributed by atoms with van der Waals surface area (Å²) < 4.78 is 30.7. The Hall–Kier alpha value is -3.59. The van der Waals surface area contributed by atoms with Gasteiger partial charge in [-0.2, -0.15) is 0 Å². The molecule has 1 amide bonds. The van der Waals surface area contributed by atoms with Gasteiger partial charge >= 0.3 is 13.8 Å². The highest BCUT2D eigenvalue weighted by Crippen LogP contribution is 2.43. The molecule has 2 N–H and O–H groups in total. The van der Waals surface area contributed by atoms with Gasteiger partial charge in [0.2, 0.25) is 5.91 Å². The third kappa shape index (κ3) is 61.0. The van der Waals surface area contributed by atoms with Crippen LogP contribution in [0.25, 0.3) is 0 Å². The van der Waals surface area contributed by atoms with Crippen LogP contribution in [0.4, 0.5) is 0 Å². The van der Waals surface area contributed by atoms with Crippen LogP contribution in [0.5, 0.6) is 0 Å². The molecule has 0 bridgehead atoms. The summed E-state index contributed by atoms with van der Waals surface area (Å²) in [5.74, 6) is -0.544. The number of phosphoric ester groups is 1. The minimum Gasteiger partial charge on any atom is -0.456 e. The van der Waals surface area contributed by atoms with E-state index in [-0.39, 0.29) is 31.5 Å². The van der Waals surface area contributed by atoms with Crippen molar-refractivity contribution in [2.24, 2.45) is 0 Å². The number of carbonyl (C=O) groups excluding carboxylic acids is 2. The van der Waals surface area contributed by atoms with Crippen molar-refractivity contribution >= 4 is 19.7 Å². The Morgan fingerprint density at radius 1 is 0.439 bits per heavy atom. The van der Waals surface area contributed by atoms with Crippen molar-refractivity contribution in [3.8, 4) is 0 Å². The van der Waals surface area contributed by atoms with Crippen molar-refractivity contribution in [3.63, 3.8) is 0 Å². The highest BCUT2D eigenvalue weighted by Gasteiger charge is 2.30. The van der Waals surface area contributed by atoms with Gasteiger partial charge in [0, 0.05) is 12.8 Å². The fourth-order valence-electron chi connectivity index (χ4n) is 9.01. The first-order chi connectivity index (χ1) is 39.9. The predicted octanol–water partition coefficient (Wildman–Crippen LogP) is 21.1. The lowest BCUT2D eigenvalue weighted by molar-refractivity contribution is -0.870. The van der Waals surface area contributed by atoms with Crippen LogP contribution < -0.4 is 5.32 Å². The van der Waals surface area contributed by atoms with Gasteiger partial charge in [-0.25, -0.2) is 4.57 Å². The average Bonchev–Trinajstić information content (AvgIpc) is 3.44. The molecule has 0 aliphatic rings. The first-order valence-corrected chi connectivity index (χ1v) is 34.9. The van der Waals surface area contributed by atoms with Gasteiger partial charge in [0.25, 0.3) is 0 Å². The van der Waals surface area contributed by atoms with Crippen molar-refractivity contribution in [1.29, 1.82) is 0 Å². The van der Waals surface area contributed by atoms with E-state index in [1.165, 1.54) is 96.3 Å². The summed E-state index contributed by atoms with van der Waals surface area (Å²) >= 11 is 0. The van der Waals surface area contributed by atoms with E-state index in [4.69, 9.17) is 13.8 Å². The minimum absolute atomic E-state index is 0.0280. The molecule has 0 aliphatic carbocycles. The van der Waals surface area contributed by atoms with Gasteiger partial charge in [0.1, 0.15) is 19.3 Å².